The Balaban J connectivity index is 1.84. The van der Waals surface area contributed by atoms with Gasteiger partial charge in [0.25, 0.3) is 0 Å². The summed E-state index contributed by atoms with van der Waals surface area (Å²) in [5.41, 5.74) is 2.88. The molecule has 0 radical (unpaired) electrons. The van der Waals surface area contributed by atoms with Crippen molar-refractivity contribution in [2.24, 2.45) is 5.41 Å². The number of hydrogen-bond donors (Lipinski definition) is 2. The highest BCUT2D eigenvalue weighted by Gasteiger charge is 2.34. The standard InChI is InChI=1S/C15H20N2/c1-15(2)8-3-4-14(15)17-12-5-6-13-11(10-12)7-9-16-13/h5-7,9-10,14,16-17H,3-4,8H2,1-2H3. The number of aromatic nitrogens is 1. The first-order valence-electron chi connectivity index (χ1n) is 6.49. The molecule has 0 amide bonds. The van der Waals surface area contributed by atoms with Crippen LogP contribution in [0.15, 0.2) is 30.5 Å². The Kier molecular flexibility index (Phi) is 2.39. The summed E-state index contributed by atoms with van der Waals surface area (Å²) in [5.74, 6) is 0. The monoisotopic (exact) mass is 228 g/mol. The predicted molar refractivity (Wildman–Crippen MR) is 73.3 cm³/mol. The third-order valence-corrected chi connectivity index (χ3v) is 4.15. The van der Waals surface area contributed by atoms with Gasteiger partial charge in [-0.3, -0.25) is 0 Å². The molecule has 1 aliphatic rings. The van der Waals surface area contributed by atoms with Gasteiger partial charge < -0.3 is 10.3 Å². The van der Waals surface area contributed by atoms with Crippen LogP contribution in [0.3, 0.4) is 0 Å². The smallest absolute Gasteiger partial charge is 0.0455 e. The summed E-state index contributed by atoms with van der Waals surface area (Å²) in [4.78, 5) is 3.23. The van der Waals surface area contributed by atoms with E-state index in [0.717, 1.165) is 0 Å². The number of benzene rings is 1. The van der Waals surface area contributed by atoms with Gasteiger partial charge in [-0.1, -0.05) is 20.3 Å². The second kappa shape index (κ2) is 3.80. The summed E-state index contributed by atoms with van der Waals surface area (Å²) < 4.78 is 0. The highest BCUT2D eigenvalue weighted by atomic mass is 14.9. The minimum atomic E-state index is 0.424. The summed E-state index contributed by atoms with van der Waals surface area (Å²) >= 11 is 0. The Morgan fingerprint density at radius 2 is 2.18 bits per heavy atom. The lowest BCUT2D eigenvalue weighted by Crippen LogP contribution is -2.30. The lowest BCUT2D eigenvalue weighted by Gasteiger charge is -2.28. The Morgan fingerprint density at radius 1 is 1.29 bits per heavy atom. The van der Waals surface area contributed by atoms with Crippen molar-refractivity contribution in [3.8, 4) is 0 Å². The maximum Gasteiger partial charge on any atom is 0.0455 e. The van der Waals surface area contributed by atoms with E-state index in [2.05, 4.69) is 48.4 Å². The van der Waals surface area contributed by atoms with E-state index in [-0.39, 0.29) is 0 Å². The third-order valence-electron chi connectivity index (χ3n) is 4.15. The van der Waals surface area contributed by atoms with E-state index in [1.807, 2.05) is 6.20 Å². The van der Waals surface area contributed by atoms with Gasteiger partial charge >= 0.3 is 0 Å². The molecule has 0 saturated heterocycles. The average Bonchev–Trinajstić information content (AvgIpc) is 2.85. The number of hydrogen-bond acceptors (Lipinski definition) is 1. The molecular formula is C15H20N2. The van der Waals surface area contributed by atoms with E-state index in [1.165, 1.54) is 35.9 Å². The zero-order chi connectivity index (χ0) is 11.9. The van der Waals surface area contributed by atoms with Gasteiger partial charge in [-0.2, -0.15) is 0 Å². The summed E-state index contributed by atoms with van der Waals surface area (Å²) in [5, 5.41) is 4.98. The van der Waals surface area contributed by atoms with E-state index in [0.29, 0.717) is 11.5 Å². The van der Waals surface area contributed by atoms with Crippen molar-refractivity contribution in [3.05, 3.63) is 30.5 Å². The summed E-state index contributed by atoms with van der Waals surface area (Å²) in [6.45, 7) is 4.74. The number of aromatic amines is 1. The second-order valence-electron chi connectivity index (χ2n) is 5.86. The zero-order valence-electron chi connectivity index (χ0n) is 10.6. The fraction of sp³-hybridized carbons (Fsp3) is 0.467. The molecule has 2 heteroatoms. The Hall–Kier alpha value is -1.44. The summed E-state index contributed by atoms with van der Waals surface area (Å²) in [6.07, 6.45) is 5.96. The van der Waals surface area contributed by atoms with Gasteiger partial charge in [0.1, 0.15) is 0 Å². The number of fused-ring (bicyclic) bond motifs is 1. The Morgan fingerprint density at radius 3 is 2.94 bits per heavy atom. The van der Waals surface area contributed by atoms with Gasteiger partial charge in [0, 0.05) is 28.8 Å². The first-order valence-corrected chi connectivity index (χ1v) is 6.49. The highest BCUT2D eigenvalue weighted by molar-refractivity contribution is 5.83. The molecule has 1 aromatic heterocycles. The van der Waals surface area contributed by atoms with Crippen molar-refractivity contribution >= 4 is 16.6 Å². The van der Waals surface area contributed by atoms with E-state index >= 15 is 0 Å². The molecule has 3 rings (SSSR count). The predicted octanol–water partition coefficient (Wildman–Crippen LogP) is 4.16. The summed E-state index contributed by atoms with van der Waals surface area (Å²) in [7, 11) is 0. The van der Waals surface area contributed by atoms with Gasteiger partial charge in [-0.25, -0.2) is 0 Å². The molecule has 0 aliphatic heterocycles. The van der Waals surface area contributed by atoms with Crippen LogP contribution in [-0.4, -0.2) is 11.0 Å². The summed E-state index contributed by atoms with van der Waals surface area (Å²) in [6, 6.07) is 9.30. The van der Waals surface area contributed by atoms with E-state index < -0.39 is 0 Å². The lowest BCUT2D eigenvalue weighted by molar-refractivity contribution is 0.350. The quantitative estimate of drug-likeness (QED) is 0.793. The number of rotatable bonds is 2. The van der Waals surface area contributed by atoms with E-state index in [1.54, 1.807) is 0 Å². The fourth-order valence-corrected chi connectivity index (χ4v) is 2.94. The fourth-order valence-electron chi connectivity index (χ4n) is 2.94. The van der Waals surface area contributed by atoms with Crippen LogP contribution in [0.25, 0.3) is 10.9 Å². The molecule has 2 N–H and O–H groups in total. The maximum absolute atomic E-state index is 3.70. The van der Waals surface area contributed by atoms with Crippen LogP contribution in [0.5, 0.6) is 0 Å². The molecule has 1 aliphatic carbocycles. The van der Waals surface area contributed by atoms with Gasteiger partial charge in [0.2, 0.25) is 0 Å². The van der Waals surface area contributed by atoms with Gasteiger partial charge in [0.15, 0.2) is 0 Å². The van der Waals surface area contributed by atoms with Crippen molar-refractivity contribution in [3.63, 3.8) is 0 Å². The van der Waals surface area contributed by atoms with Crippen LogP contribution in [0, 0.1) is 5.41 Å². The molecule has 0 spiro atoms. The molecule has 17 heavy (non-hydrogen) atoms. The maximum atomic E-state index is 3.70. The van der Waals surface area contributed by atoms with Crippen LogP contribution >= 0.6 is 0 Å². The van der Waals surface area contributed by atoms with Crippen LogP contribution in [0.4, 0.5) is 5.69 Å². The molecule has 1 saturated carbocycles. The normalized spacial score (nSPS) is 23.1. The molecule has 1 aromatic carbocycles. The van der Waals surface area contributed by atoms with Crippen LogP contribution < -0.4 is 5.32 Å². The minimum Gasteiger partial charge on any atom is -0.382 e. The molecule has 1 atom stereocenters. The molecule has 1 fully saturated rings. The third kappa shape index (κ3) is 1.92. The minimum absolute atomic E-state index is 0.424. The second-order valence-corrected chi connectivity index (χ2v) is 5.86. The van der Waals surface area contributed by atoms with E-state index in [4.69, 9.17) is 0 Å². The van der Waals surface area contributed by atoms with Gasteiger partial charge in [-0.15, -0.1) is 0 Å². The van der Waals surface area contributed by atoms with Crippen molar-refractivity contribution in [1.82, 2.24) is 4.98 Å². The SMILES string of the molecule is CC1(C)CCCC1Nc1ccc2[nH]ccc2c1. The Bertz CT molecular complexity index is 524. The zero-order valence-corrected chi connectivity index (χ0v) is 10.6. The highest BCUT2D eigenvalue weighted by Crippen LogP contribution is 2.39. The molecule has 1 unspecified atom stereocenters. The van der Waals surface area contributed by atoms with Crippen molar-refractivity contribution in [2.45, 2.75) is 39.2 Å². The average molecular weight is 228 g/mol. The van der Waals surface area contributed by atoms with Crippen LogP contribution in [0.1, 0.15) is 33.1 Å². The lowest BCUT2D eigenvalue weighted by atomic mass is 9.87. The molecule has 2 nitrogen and oxygen atoms in total. The van der Waals surface area contributed by atoms with E-state index in [9.17, 15) is 0 Å². The topological polar surface area (TPSA) is 27.8 Å². The first kappa shape index (κ1) is 10.7. The molecule has 90 valence electrons. The Labute approximate surface area is 102 Å². The number of H-pyrrole nitrogens is 1. The number of nitrogens with one attached hydrogen (secondary N) is 2. The van der Waals surface area contributed by atoms with Gasteiger partial charge in [0.05, 0.1) is 0 Å². The molecule has 1 heterocycles. The number of anilines is 1. The van der Waals surface area contributed by atoms with Crippen LogP contribution in [-0.2, 0) is 0 Å². The van der Waals surface area contributed by atoms with Crippen LogP contribution in [0.2, 0.25) is 0 Å². The van der Waals surface area contributed by atoms with Crippen molar-refractivity contribution in [2.75, 3.05) is 5.32 Å². The largest absolute Gasteiger partial charge is 0.382 e. The first-order chi connectivity index (χ1) is 8.15. The molecular weight excluding hydrogens is 208 g/mol. The van der Waals surface area contributed by atoms with Crippen molar-refractivity contribution in [1.29, 1.82) is 0 Å². The molecule has 2 aromatic rings. The molecule has 0 bridgehead atoms. The van der Waals surface area contributed by atoms with Crippen molar-refractivity contribution < 1.29 is 0 Å². The van der Waals surface area contributed by atoms with Gasteiger partial charge in [-0.05, 0) is 42.5 Å².